The van der Waals surface area contributed by atoms with E-state index in [0.29, 0.717) is 22.1 Å². The van der Waals surface area contributed by atoms with Gasteiger partial charge in [-0.25, -0.2) is 14.9 Å². The van der Waals surface area contributed by atoms with Crippen LogP contribution in [-0.2, 0) is 20.9 Å². The van der Waals surface area contributed by atoms with Crippen LogP contribution in [0.3, 0.4) is 0 Å². The average molecular weight is 509 g/mol. The lowest BCUT2D eigenvalue weighted by Gasteiger charge is -2.03. The third-order valence-corrected chi connectivity index (χ3v) is 5.67. The van der Waals surface area contributed by atoms with Crippen molar-refractivity contribution >= 4 is 53.2 Å². The van der Waals surface area contributed by atoms with Gasteiger partial charge < -0.3 is 4.74 Å². The number of rotatable bonds is 7. The summed E-state index contributed by atoms with van der Waals surface area (Å²) >= 11 is 6.00. The summed E-state index contributed by atoms with van der Waals surface area (Å²) < 4.78 is 8.56. The Kier molecular flexibility index (Phi) is 7.28. The molecule has 11 nitrogen and oxygen atoms in total. The van der Waals surface area contributed by atoms with E-state index in [1.807, 2.05) is 35.6 Å². The van der Waals surface area contributed by atoms with Crippen LogP contribution in [-0.4, -0.2) is 43.6 Å². The summed E-state index contributed by atoms with van der Waals surface area (Å²) in [6.07, 6.45) is 3.91. The van der Waals surface area contributed by atoms with Gasteiger partial charge in [-0.05, 0) is 65.9 Å². The fraction of sp³-hybridized carbons (Fsp3) is 0.0455. The standard InChI is InChI=1S/C22H16N6O5S2/c29-18(12-28-22(34)27(13-24-28)15-4-2-1-3-5-15)26-23-11-14-6-8-16(9-7-14)33-19(30)10-17-20(31)25-21(32)35-17/h1-11,13H,12H2,(H,26,29)(H,25,31,32)/b17-10-,23-11-. The summed E-state index contributed by atoms with van der Waals surface area (Å²) in [4.78, 5) is 46.7. The van der Waals surface area contributed by atoms with Gasteiger partial charge in [0.05, 0.1) is 11.1 Å². The van der Waals surface area contributed by atoms with Gasteiger partial charge in [-0.2, -0.15) is 10.2 Å². The first-order chi connectivity index (χ1) is 16.9. The Morgan fingerprint density at radius 2 is 1.89 bits per heavy atom. The molecule has 3 aromatic rings. The minimum Gasteiger partial charge on any atom is -0.423 e. The molecule has 4 rings (SSSR count). The number of benzene rings is 2. The molecule has 2 N–H and O–H groups in total. The highest BCUT2D eigenvalue weighted by Gasteiger charge is 2.26. The minimum atomic E-state index is -0.792. The van der Waals surface area contributed by atoms with E-state index in [9.17, 15) is 19.2 Å². The first-order valence-corrected chi connectivity index (χ1v) is 11.2. The Morgan fingerprint density at radius 1 is 1.14 bits per heavy atom. The van der Waals surface area contributed by atoms with E-state index in [2.05, 4.69) is 15.6 Å². The van der Waals surface area contributed by atoms with Crippen molar-refractivity contribution in [1.82, 2.24) is 25.1 Å². The largest absolute Gasteiger partial charge is 0.423 e. The monoisotopic (exact) mass is 508 g/mol. The maximum Gasteiger partial charge on any atom is 0.337 e. The number of ether oxygens (including phenoxy) is 1. The molecule has 2 aromatic carbocycles. The molecule has 0 radical (unpaired) electrons. The average Bonchev–Trinajstić information content (AvgIpc) is 3.35. The van der Waals surface area contributed by atoms with Crippen molar-refractivity contribution in [2.45, 2.75) is 6.54 Å². The zero-order chi connectivity index (χ0) is 24.8. The SMILES string of the molecule is O=C(Cn1ncn(-c2ccccc2)c1=S)N/N=C\c1ccc(OC(=O)/C=C2\SC(=O)NC2=O)cc1. The Labute approximate surface area is 207 Å². The molecule has 1 fully saturated rings. The van der Waals surface area contributed by atoms with Gasteiger partial charge in [-0.15, -0.1) is 0 Å². The normalized spacial score (nSPS) is 14.3. The molecule has 3 amide bonds. The quantitative estimate of drug-likeness (QED) is 0.124. The van der Waals surface area contributed by atoms with E-state index in [4.69, 9.17) is 17.0 Å². The topological polar surface area (TPSA) is 137 Å². The van der Waals surface area contributed by atoms with Gasteiger partial charge in [0.15, 0.2) is 0 Å². The van der Waals surface area contributed by atoms with Crippen LogP contribution in [0.15, 0.2) is 77.0 Å². The number of carbonyl (C=O) groups is 4. The van der Waals surface area contributed by atoms with Crippen molar-refractivity contribution in [2.24, 2.45) is 5.10 Å². The Balaban J connectivity index is 1.29. The molecule has 35 heavy (non-hydrogen) atoms. The first kappa shape index (κ1) is 23.8. The van der Waals surface area contributed by atoms with Crippen molar-refractivity contribution in [3.05, 3.63) is 82.2 Å². The summed E-state index contributed by atoms with van der Waals surface area (Å²) in [5.74, 6) is -1.62. The second-order valence-corrected chi connectivity index (χ2v) is 8.29. The Bertz CT molecular complexity index is 1410. The van der Waals surface area contributed by atoms with E-state index in [1.165, 1.54) is 23.0 Å². The van der Waals surface area contributed by atoms with Crippen LogP contribution in [0.4, 0.5) is 4.79 Å². The first-order valence-electron chi connectivity index (χ1n) is 9.97. The second-order valence-electron chi connectivity index (χ2n) is 6.91. The van der Waals surface area contributed by atoms with Gasteiger partial charge in [0, 0.05) is 11.8 Å². The molecule has 2 heterocycles. The van der Waals surface area contributed by atoms with Gasteiger partial charge in [0.2, 0.25) is 4.77 Å². The number of nitrogens with one attached hydrogen (secondary N) is 2. The Hall–Kier alpha value is -4.36. The number of amides is 3. The summed E-state index contributed by atoms with van der Waals surface area (Å²) in [5.41, 5.74) is 3.87. The highest BCUT2D eigenvalue weighted by molar-refractivity contribution is 8.18. The molecule has 1 aliphatic heterocycles. The summed E-state index contributed by atoms with van der Waals surface area (Å²) in [6, 6.07) is 15.7. The zero-order valence-electron chi connectivity index (χ0n) is 17.8. The fourth-order valence-corrected chi connectivity index (χ4v) is 3.76. The summed E-state index contributed by atoms with van der Waals surface area (Å²) in [7, 11) is 0. The number of thioether (sulfide) groups is 1. The number of carbonyl (C=O) groups excluding carboxylic acids is 4. The molecule has 0 aliphatic carbocycles. The fourth-order valence-electron chi connectivity index (χ4n) is 2.86. The maximum atomic E-state index is 12.2. The third kappa shape index (κ3) is 6.16. The number of para-hydroxylation sites is 1. The molecular weight excluding hydrogens is 492 g/mol. The Morgan fingerprint density at radius 3 is 2.57 bits per heavy atom. The summed E-state index contributed by atoms with van der Waals surface area (Å²) in [6.45, 7) is -0.109. The van der Waals surface area contributed by atoms with E-state index in [1.54, 1.807) is 23.0 Å². The number of imide groups is 1. The number of hydrogen-bond acceptors (Lipinski definition) is 9. The number of hydrogen-bond donors (Lipinski definition) is 2. The molecular formula is C22H16N6O5S2. The number of nitrogens with zero attached hydrogens (tertiary/aromatic N) is 4. The zero-order valence-corrected chi connectivity index (χ0v) is 19.4. The van der Waals surface area contributed by atoms with Gasteiger partial charge in [-0.1, -0.05) is 18.2 Å². The van der Waals surface area contributed by atoms with E-state index >= 15 is 0 Å². The molecule has 1 aliphatic rings. The number of aromatic nitrogens is 3. The maximum absolute atomic E-state index is 12.2. The van der Waals surface area contributed by atoms with Gasteiger partial charge in [-0.3, -0.25) is 24.3 Å². The lowest BCUT2D eigenvalue weighted by atomic mass is 10.2. The van der Waals surface area contributed by atoms with Crippen molar-refractivity contribution in [2.75, 3.05) is 0 Å². The van der Waals surface area contributed by atoms with Crippen LogP contribution < -0.4 is 15.5 Å². The van der Waals surface area contributed by atoms with Crippen LogP contribution in [0, 0.1) is 4.77 Å². The molecule has 13 heteroatoms. The molecule has 0 atom stereocenters. The minimum absolute atomic E-state index is 0.0346. The van der Waals surface area contributed by atoms with Gasteiger partial charge >= 0.3 is 5.97 Å². The number of hydrazone groups is 1. The molecule has 176 valence electrons. The third-order valence-electron chi connectivity index (χ3n) is 4.45. The molecule has 0 spiro atoms. The molecule has 0 bridgehead atoms. The molecule has 1 aromatic heterocycles. The smallest absolute Gasteiger partial charge is 0.337 e. The highest BCUT2D eigenvalue weighted by Crippen LogP contribution is 2.23. The predicted octanol–water partition coefficient (Wildman–Crippen LogP) is 2.33. The predicted molar refractivity (Wildman–Crippen MR) is 129 cm³/mol. The van der Waals surface area contributed by atoms with Gasteiger partial charge in [0.1, 0.15) is 18.6 Å². The lowest BCUT2D eigenvalue weighted by Crippen LogP contribution is -2.24. The second kappa shape index (κ2) is 10.7. The van der Waals surface area contributed by atoms with Crippen LogP contribution in [0.25, 0.3) is 5.69 Å². The van der Waals surface area contributed by atoms with Crippen LogP contribution in [0.5, 0.6) is 5.75 Å². The van der Waals surface area contributed by atoms with Crippen LogP contribution in [0.2, 0.25) is 0 Å². The molecule has 0 unspecified atom stereocenters. The lowest BCUT2D eigenvalue weighted by molar-refractivity contribution is -0.129. The van der Waals surface area contributed by atoms with E-state index < -0.39 is 23.0 Å². The van der Waals surface area contributed by atoms with Gasteiger partial charge in [0.25, 0.3) is 17.1 Å². The molecule has 0 saturated carbocycles. The van der Waals surface area contributed by atoms with E-state index in [-0.39, 0.29) is 17.2 Å². The van der Waals surface area contributed by atoms with Crippen molar-refractivity contribution in [1.29, 1.82) is 0 Å². The number of esters is 1. The van der Waals surface area contributed by atoms with Crippen LogP contribution >= 0.6 is 24.0 Å². The van der Waals surface area contributed by atoms with Crippen molar-refractivity contribution < 1.29 is 23.9 Å². The van der Waals surface area contributed by atoms with Crippen LogP contribution in [0.1, 0.15) is 5.56 Å². The summed E-state index contributed by atoms with van der Waals surface area (Å²) in [5, 5.41) is 9.55. The van der Waals surface area contributed by atoms with Crippen molar-refractivity contribution in [3.8, 4) is 11.4 Å². The van der Waals surface area contributed by atoms with Crippen molar-refractivity contribution in [3.63, 3.8) is 0 Å². The highest BCUT2D eigenvalue weighted by atomic mass is 32.2. The van der Waals surface area contributed by atoms with E-state index in [0.717, 1.165) is 11.8 Å². The molecule has 1 saturated heterocycles.